The van der Waals surface area contributed by atoms with Crippen LogP contribution in [0.3, 0.4) is 0 Å². The molecule has 0 radical (unpaired) electrons. The van der Waals surface area contributed by atoms with Gasteiger partial charge in [0.25, 0.3) is 0 Å². The summed E-state index contributed by atoms with van der Waals surface area (Å²) in [6.45, 7) is 0.598. The van der Waals surface area contributed by atoms with Gasteiger partial charge in [-0.15, -0.1) is 0 Å². The van der Waals surface area contributed by atoms with Crippen molar-refractivity contribution in [3.8, 4) is 0 Å². The van der Waals surface area contributed by atoms with Crippen molar-refractivity contribution in [1.29, 1.82) is 0 Å². The van der Waals surface area contributed by atoms with Crippen molar-refractivity contribution >= 4 is 17.4 Å². The Morgan fingerprint density at radius 2 is 1.70 bits per heavy atom. The van der Waals surface area contributed by atoms with E-state index >= 15 is 0 Å². The zero-order valence-electron chi connectivity index (χ0n) is 12.7. The van der Waals surface area contributed by atoms with Crippen LogP contribution < -0.4 is 10.6 Å². The van der Waals surface area contributed by atoms with Crippen molar-refractivity contribution in [1.82, 2.24) is 0 Å². The van der Waals surface area contributed by atoms with Crippen molar-refractivity contribution in [3.63, 3.8) is 0 Å². The highest BCUT2D eigenvalue weighted by Gasteiger charge is 2.30. The van der Waals surface area contributed by atoms with E-state index in [2.05, 4.69) is 0 Å². The summed E-state index contributed by atoms with van der Waals surface area (Å²) in [5.41, 5.74) is 5.81. The molecule has 0 heterocycles. The minimum atomic E-state index is -4.42. The van der Waals surface area contributed by atoms with E-state index in [-0.39, 0.29) is 11.5 Å². The quantitative estimate of drug-likeness (QED) is 0.658. The second-order valence-electron chi connectivity index (χ2n) is 5.49. The van der Waals surface area contributed by atoms with Crippen LogP contribution in [0.5, 0.6) is 0 Å². The van der Waals surface area contributed by atoms with Crippen LogP contribution in [-0.2, 0) is 12.7 Å². The molecule has 7 heteroatoms. The summed E-state index contributed by atoms with van der Waals surface area (Å²) in [7, 11) is 3.87. The van der Waals surface area contributed by atoms with Crippen LogP contribution >= 0.6 is 11.8 Å². The number of hydrogen-bond donors (Lipinski definition) is 2. The Kier molecular flexibility index (Phi) is 5.21. The van der Waals surface area contributed by atoms with Crippen molar-refractivity contribution in [2.24, 2.45) is 0 Å². The number of nitrogens with two attached hydrogens (primary N) is 1. The highest BCUT2D eigenvalue weighted by atomic mass is 32.2. The Morgan fingerprint density at radius 3 is 2.26 bits per heavy atom. The van der Waals surface area contributed by atoms with E-state index in [1.165, 1.54) is 30.0 Å². The van der Waals surface area contributed by atoms with E-state index in [0.29, 0.717) is 11.4 Å². The van der Waals surface area contributed by atoms with E-state index in [1.54, 1.807) is 6.07 Å². The smallest absolute Gasteiger partial charge is 0.398 e. The lowest BCUT2D eigenvalue weighted by molar-refractivity contribution is -0.872. The molecule has 0 spiro atoms. The Bertz CT molecular complexity index is 699. The second kappa shape index (κ2) is 6.80. The molecular weight excluding hydrogens is 328 g/mol. The maximum atomic E-state index is 13.4. The van der Waals surface area contributed by atoms with Crippen LogP contribution in [0.25, 0.3) is 0 Å². The molecule has 0 unspecified atom stereocenters. The molecule has 2 aromatic carbocycles. The number of anilines is 1. The van der Waals surface area contributed by atoms with Crippen LogP contribution in [0, 0.1) is 5.82 Å². The summed E-state index contributed by atoms with van der Waals surface area (Å²) in [4.78, 5) is 2.40. The van der Waals surface area contributed by atoms with Gasteiger partial charge < -0.3 is 10.6 Å². The Labute approximate surface area is 136 Å². The number of hydrogen-bond acceptors (Lipinski definition) is 2. The molecule has 23 heavy (non-hydrogen) atoms. The normalized spacial score (nSPS) is 12.0. The molecule has 0 saturated heterocycles. The third-order valence-electron chi connectivity index (χ3n) is 3.12. The lowest BCUT2D eigenvalue weighted by Crippen LogP contribution is -3.04. The van der Waals surface area contributed by atoms with Crippen LogP contribution in [-0.4, -0.2) is 14.1 Å². The van der Waals surface area contributed by atoms with Gasteiger partial charge >= 0.3 is 6.18 Å². The number of benzene rings is 2. The number of halogens is 4. The molecule has 0 bridgehead atoms. The number of rotatable bonds is 4. The van der Waals surface area contributed by atoms with Gasteiger partial charge in [0.05, 0.1) is 19.7 Å². The van der Waals surface area contributed by atoms with Crippen LogP contribution in [0.2, 0.25) is 0 Å². The average molecular weight is 345 g/mol. The highest BCUT2D eigenvalue weighted by Crippen LogP contribution is 2.38. The summed E-state index contributed by atoms with van der Waals surface area (Å²) >= 11 is 1.24. The Hall–Kier alpha value is -1.73. The van der Waals surface area contributed by atoms with Gasteiger partial charge in [0.15, 0.2) is 0 Å². The van der Waals surface area contributed by atoms with Crippen LogP contribution in [0.15, 0.2) is 46.2 Å². The molecule has 2 rings (SSSR count). The van der Waals surface area contributed by atoms with E-state index < -0.39 is 11.7 Å². The monoisotopic (exact) mass is 345 g/mol. The molecule has 2 nitrogen and oxygen atoms in total. The predicted molar refractivity (Wildman–Crippen MR) is 82.9 cm³/mol. The van der Waals surface area contributed by atoms with Crippen molar-refractivity contribution in [3.05, 3.63) is 53.3 Å². The molecule has 124 valence electrons. The highest BCUT2D eigenvalue weighted by molar-refractivity contribution is 7.99. The molecule has 3 N–H and O–H groups in total. The molecule has 0 aliphatic carbocycles. The first-order valence-corrected chi connectivity index (χ1v) is 7.70. The number of alkyl halides is 3. The average Bonchev–Trinajstić information content (AvgIpc) is 2.42. The minimum absolute atomic E-state index is 0.0531. The summed E-state index contributed by atoms with van der Waals surface area (Å²) < 4.78 is 51.4. The molecule has 0 saturated carbocycles. The van der Waals surface area contributed by atoms with Crippen molar-refractivity contribution in [2.45, 2.75) is 22.5 Å². The molecule has 0 amide bonds. The second-order valence-corrected chi connectivity index (χ2v) is 6.57. The zero-order chi connectivity index (χ0) is 17.2. The van der Waals surface area contributed by atoms with Gasteiger partial charge in [0.1, 0.15) is 12.4 Å². The Balaban J connectivity index is 2.32. The van der Waals surface area contributed by atoms with Crippen molar-refractivity contribution in [2.75, 3.05) is 19.8 Å². The fraction of sp³-hybridized carbons (Fsp3) is 0.250. The van der Waals surface area contributed by atoms with E-state index in [4.69, 9.17) is 5.73 Å². The molecule has 0 aromatic heterocycles. The maximum Gasteiger partial charge on any atom is 0.416 e. The largest absolute Gasteiger partial charge is 0.416 e. The first-order valence-electron chi connectivity index (χ1n) is 6.89. The molecule has 0 atom stereocenters. The number of nitrogen functional groups attached to an aromatic ring is 1. The zero-order valence-corrected chi connectivity index (χ0v) is 13.5. The summed E-state index contributed by atoms with van der Waals surface area (Å²) in [5, 5.41) is 0. The van der Waals surface area contributed by atoms with Crippen LogP contribution in [0.1, 0.15) is 11.1 Å². The molecule has 0 fully saturated rings. The fourth-order valence-electron chi connectivity index (χ4n) is 2.10. The van der Waals surface area contributed by atoms with Gasteiger partial charge in [-0.1, -0.05) is 11.8 Å². The van der Waals surface area contributed by atoms with Gasteiger partial charge in [0.2, 0.25) is 0 Å². The first kappa shape index (κ1) is 17.6. The third-order valence-corrected chi connectivity index (χ3v) is 4.33. The molecule has 0 aliphatic rings. The molecule has 0 aliphatic heterocycles. The van der Waals surface area contributed by atoms with Gasteiger partial charge in [-0.2, -0.15) is 13.2 Å². The predicted octanol–water partition coefficient (Wildman–Crippen LogP) is 3.22. The van der Waals surface area contributed by atoms with Gasteiger partial charge in [-0.05, 0) is 36.4 Å². The Morgan fingerprint density at radius 1 is 1.04 bits per heavy atom. The van der Waals surface area contributed by atoms with Crippen molar-refractivity contribution < 1.29 is 22.5 Å². The van der Waals surface area contributed by atoms with Gasteiger partial charge in [-0.25, -0.2) is 4.39 Å². The summed E-state index contributed by atoms with van der Waals surface area (Å²) in [6.07, 6.45) is -4.42. The molecular formula is C16H17F4N2S+. The van der Waals surface area contributed by atoms with E-state index in [0.717, 1.165) is 27.5 Å². The topological polar surface area (TPSA) is 30.5 Å². The first-order chi connectivity index (χ1) is 10.7. The lowest BCUT2D eigenvalue weighted by atomic mass is 10.2. The van der Waals surface area contributed by atoms with Gasteiger partial charge in [0, 0.05) is 21.0 Å². The van der Waals surface area contributed by atoms with E-state index in [9.17, 15) is 17.6 Å². The summed E-state index contributed by atoms with van der Waals surface area (Å²) in [5.74, 6) is -0.342. The lowest BCUT2D eigenvalue weighted by Gasteiger charge is -2.14. The standard InChI is InChI=1S/C16H16F4N2S/c1-22(2)9-10-7-12(17)4-6-14(10)23-15-5-3-11(8-13(15)21)16(18,19)20/h3-8H,9,21H2,1-2H3/p+1. The SMILES string of the molecule is C[NH+](C)Cc1cc(F)ccc1Sc1ccc(C(F)(F)F)cc1N. The minimum Gasteiger partial charge on any atom is -0.398 e. The van der Waals surface area contributed by atoms with E-state index in [1.807, 2.05) is 14.1 Å². The molecule has 2 aromatic rings. The summed E-state index contributed by atoms with van der Waals surface area (Å²) in [6, 6.07) is 7.66. The third kappa shape index (κ3) is 4.62. The number of quaternary nitrogens is 1. The van der Waals surface area contributed by atoms with Gasteiger partial charge in [-0.3, -0.25) is 0 Å². The fourth-order valence-corrected chi connectivity index (χ4v) is 3.05. The van der Waals surface area contributed by atoms with Crippen LogP contribution in [0.4, 0.5) is 23.2 Å². The number of nitrogens with one attached hydrogen (secondary N) is 1. The maximum absolute atomic E-state index is 13.4.